The van der Waals surface area contributed by atoms with Crippen molar-refractivity contribution < 1.29 is 9.18 Å². The highest BCUT2D eigenvalue weighted by Crippen LogP contribution is 2.14. The minimum atomic E-state index is -0.296. The third-order valence-corrected chi connectivity index (χ3v) is 3.35. The van der Waals surface area contributed by atoms with Crippen LogP contribution in [0.15, 0.2) is 48.5 Å². The van der Waals surface area contributed by atoms with Crippen LogP contribution < -0.4 is 11.1 Å². The van der Waals surface area contributed by atoms with Gasteiger partial charge in [0.15, 0.2) is 0 Å². The largest absolute Gasteiger partial charge is 0.399 e. The van der Waals surface area contributed by atoms with Crippen molar-refractivity contribution in [3.8, 4) is 0 Å². The molecule has 0 aliphatic carbocycles. The first-order chi connectivity index (χ1) is 10.0. The molecule has 3 nitrogen and oxygen atoms in total. The van der Waals surface area contributed by atoms with Crippen LogP contribution in [0.5, 0.6) is 0 Å². The fraction of sp³-hybridized carbons (Fsp3) is 0.235. The molecular formula is C17H19FN2O. The van der Waals surface area contributed by atoms with Crippen molar-refractivity contribution in [3.05, 3.63) is 65.5 Å². The van der Waals surface area contributed by atoms with Crippen molar-refractivity contribution >= 4 is 11.6 Å². The lowest BCUT2D eigenvalue weighted by molar-refractivity contribution is -0.121. The minimum Gasteiger partial charge on any atom is -0.399 e. The molecule has 4 heteroatoms. The van der Waals surface area contributed by atoms with E-state index in [0.717, 1.165) is 11.1 Å². The van der Waals surface area contributed by atoms with Gasteiger partial charge in [0.25, 0.3) is 0 Å². The maximum atomic E-state index is 13.1. The first kappa shape index (κ1) is 15.0. The van der Waals surface area contributed by atoms with Crippen molar-refractivity contribution in [1.29, 1.82) is 0 Å². The van der Waals surface area contributed by atoms with Crippen molar-refractivity contribution in [2.24, 2.45) is 0 Å². The number of benzene rings is 2. The summed E-state index contributed by atoms with van der Waals surface area (Å²) in [6.45, 7) is 1.84. The van der Waals surface area contributed by atoms with E-state index >= 15 is 0 Å². The van der Waals surface area contributed by atoms with Gasteiger partial charge in [-0.05, 0) is 48.7 Å². The predicted molar refractivity (Wildman–Crippen MR) is 82.1 cm³/mol. The number of nitrogens with two attached hydrogens (primary N) is 1. The van der Waals surface area contributed by atoms with Gasteiger partial charge < -0.3 is 11.1 Å². The number of aryl methyl sites for hydroxylation is 1. The van der Waals surface area contributed by atoms with Crippen LogP contribution in [-0.2, 0) is 11.2 Å². The van der Waals surface area contributed by atoms with Crippen molar-refractivity contribution in [2.45, 2.75) is 25.8 Å². The zero-order chi connectivity index (χ0) is 15.2. The van der Waals surface area contributed by atoms with Gasteiger partial charge in [0, 0.05) is 12.1 Å². The van der Waals surface area contributed by atoms with Gasteiger partial charge in [0.1, 0.15) is 5.82 Å². The van der Waals surface area contributed by atoms with E-state index in [2.05, 4.69) is 5.32 Å². The monoisotopic (exact) mass is 286 g/mol. The Balaban J connectivity index is 1.85. The number of anilines is 1. The van der Waals surface area contributed by atoms with Gasteiger partial charge in [0.2, 0.25) is 5.91 Å². The summed E-state index contributed by atoms with van der Waals surface area (Å²) in [4.78, 5) is 11.9. The number of halogens is 1. The van der Waals surface area contributed by atoms with E-state index in [0.29, 0.717) is 18.5 Å². The van der Waals surface area contributed by atoms with E-state index in [1.807, 2.05) is 31.2 Å². The van der Waals surface area contributed by atoms with Gasteiger partial charge in [-0.25, -0.2) is 4.39 Å². The molecule has 1 amide bonds. The van der Waals surface area contributed by atoms with Gasteiger partial charge in [-0.2, -0.15) is 0 Å². The highest BCUT2D eigenvalue weighted by molar-refractivity contribution is 5.76. The molecule has 0 aliphatic rings. The minimum absolute atomic E-state index is 0.0522. The molecule has 2 aromatic carbocycles. The second-order valence-corrected chi connectivity index (χ2v) is 5.09. The Labute approximate surface area is 124 Å². The van der Waals surface area contributed by atoms with E-state index in [1.165, 1.54) is 12.1 Å². The predicted octanol–water partition coefficient (Wildman–Crippen LogP) is 3.22. The van der Waals surface area contributed by atoms with Crippen molar-refractivity contribution in [3.63, 3.8) is 0 Å². The van der Waals surface area contributed by atoms with Crippen LogP contribution in [0.25, 0.3) is 0 Å². The standard InChI is InChI=1S/C17H19FN2O/c1-12(14-3-2-4-15(18)11-14)20-17(21)10-7-13-5-8-16(19)9-6-13/h2-6,8-9,11-12H,7,10,19H2,1H3,(H,20,21)/t12-/m0/s1. The van der Waals surface area contributed by atoms with E-state index in [1.54, 1.807) is 12.1 Å². The Bertz CT molecular complexity index is 610. The molecule has 0 saturated heterocycles. The highest BCUT2D eigenvalue weighted by atomic mass is 19.1. The quantitative estimate of drug-likeness (QED) is 0.829. The molecule has 0 aliphatic heterocycles. The summed E-state index contributed by atoms with van der Waals surface area (Å²) in [6.07, 6.45) is 1.05. The van der Waals surface area contributed by atoms with Crippen LogP contribution >= 0.6 is 0 Å². The summed E-state index contributed by atoms with van der Waals surface area (Å²) >= 11 is 0. The smallest absolute Gasteiger partial charge is 0.220 e. The average Bonchev–Trinajstić information content (AvgIpc) is 2.46. The summed E-state index contributed by atoms with van der Waals surface area (Å²) < 4.78 is 13.1. The second-order valence-electron chi connectivity index (χ2n) is 5.09. The summed E-state index contributed by atoms with van der Waals surface area (Å²) in [6, 6.07) is 13.5. The third-order valence-electron chi connectivity index (χ3n) is 3.35. The Morgan fingerprint density at radius 3 is 2.62 bits per heavy atom. The van der Waals surface area contributed by atoms with Crippen LogP contribution in [0.2, 0.25) is 0 Å². The Kier molecular flexibility index (Phi) is 4.93. The van der Waals surface area contributed by atoms with Crippen molar-refractivity contribution in [1.82, 2.24) is 5.32 Å². The number of nitrogens with one attached hydrogen (secondary N) is 1. The SMILES string of the molecule is C[C@H](NC(=O)CCc1ccc(N)cc1)c1cccc(F)c1. The molecule has 0 bridgehead atoms. The molecule has 2 aromatic rings. The maximum absolute atomic E-state index is 13.1. The first-order valence-electron chi connectivity index (χ1n) is 6.94. The summed E-state index contributed by atoms with van der Waals surface area (Å²) in [5.41, 5.74) is 8.15. The number of carbonyl (C=O) groups is 1. The van der Waals surface area contributed by atoms with Crippen LogP contribution in [0.1, 0.15) is 30.5 Å². The molecule has 0 fully saturated rings. The lowest BCUT2D eigenvalue weighted by Crippen LogP contribution is -2.26. The molecule has 0 spiro atoms. The van der Waals surface area contributed by atoms with Crippen LogP contribution in [-0.4, -0.2) is 5.91 Å². The molecule has 1 atom stereocenters. The molecule has 0 saturated carbocycles. The number of carbonyl (C=O) groups excluding carboxylic acids is 1. The summed E-state index contributed by atoms with van der Waals surface area (Å²) in [5, 5.41) is 2.87. The number of nitrogen functional groups attached to an aromatic ring is 1. The number of hydrogen-bond donors (Lipinski definition) is 2. The number of amides is 1. The molecule has 3 N–H and O–H groups in total. The number of rotatable bonds is 5. The molecule has 0 heterocycles. The molecule has 0 aromatic heterocycles. The molecular weight excluding hydrogens is 267 g/mol. The molecule has 0 radical (unpaired) electrons. The van der Waals surface area contributed by atoms with Gasteiger partial charge in [-0.3, -0.25) is 4.79 Å². The van der Waals surface area contributed by atoms with E-state index in [9.17, 15) is 9.18 Å². The Hall–Kier alpha value is -2.36. The summed E-state index contributed by atoms with van der Waals surface area (Å²) in [7, 11) is 0. The van der Waals surface area contributed by atoms with Crippen LogP contribution in [0.3, 0.4) is 0 Å². The van der Waals surface area contributed by atoms with Gasteiger partial charge in [-0.15, -0.1) is 0 Å². The fourth-order valence-electron chi connectivity index (χ4n) is 2.12. The Morgan fingerprint density at radius 2 is 1.95 bits per heavy atom. The first-order valence-corrected chi connectivity index (χ1v) is 6.94. The molecule has 2 rings (SSSR count). The zero-order valence-electron chi connectivity index (χ0n) is 12.0. The normalized spacial score (nSPS) is 11.9. The maximum Gasteiger partial charge on any atom is 0.220 e. The van der Waals surface area contributed by atoms with E-state index in [4.69, 9.17) is 5.73 Å². The van der Waals surface area contributed by atoms with E-state index in [-0.39, 0.29) is 17.8 Å². The molecule has 0 unspecified atom stereocenters. The van der Waals surface area contributed by atoms with Gasteiger partial charge in [0.05, 0.1) is 6.04 Å². The molecule has 110 valence electrons. The van der Waals surface area contributed by atoms with Gasteiger partial charge in [-0.1, -0.05) is 24.3 Å². The Morgan fingerprint density at radius 1 is 1.24 bits per heavy atom. The van der Waals surface area contributed by atoms with Crippen molar-refractivity contribution in [2.75, 3.05) is 5.73 Å². The van der Waals surface area contributed by atoms with Crippen LogP contribution in [0.4, 0.5) is 10.1 Å². The fourth-order valence-corrected chi connectivity index (χ4v) is 2.12. The third kappa shape index (κ3) is 4.60. The second kappa shape index (κ2) is 6.88. The highest BCUT2D eigenvalue weighted by Gasteiger charge is 2.10. The molecule has 21 heavy (non-hydrogen) atoms. The lowest BCUT2D eigenvalue weighted by atomic mass is 10.1. The van der Waals surface area contributed by atoms with Gasteiger partial charge >= 0.3 is 0 Å². The number of hydrogen-bond acceptors (Lipinski definition) is 2. The van der Waals surface area contributed by atoms with Crippen LogP contribution in [0, 0.1) is 5.82 Å². The average molecular weight is 286 g/mol. The van der Waals surface area contributed by atoms with E-state index < -0.39 is 0 Å². The summed E-state index contributed by atoms with van der Waals surface area (Å²) in [5.74, 6) is -0.348. The lowest BCUT2D eigenvalue weighted by Gasteiger charge is -2.14. The topological polar surface area (TPSA) is 55.1 Å². The zero-order valence-corrected chi connectivity index (χ0v) is 12.0.